The molecular weight excluding hydrogens is 216 g/mol. The molecule has 1 saturated carbocycles. The zero-order chi connectivity index (χ0) is 12.4. The second-order valence-corrected chi connectivity index (χ2v) is 5.26. The van der Waals surface area contributed by atoms with Crippen molar-refractivity contribution in [1.82, 2.24) is 9.80 Å². The number of likely N-dealkylation sites (tertiary alicyclic amines) is 1. The van der Waals surface area contributed by atoms with Crippen LogP contribution in [0, 0.1) is 5.92 Å². The molecule has 4 nitrogen and oxygen atoms in total. The Balaban J connectivity index is 1.83. The minimum absolute atomic E-state index is 0.0903. The van der Waals surface area contributed by atoms with Crippen molar-refractivity contribution in [3.63, 3.8) is 0 Å². The summed E-state index contributed by atoms with van der Waals surface area (Å²) in [6, 6.07) is 0.497. The highest BCUT2D eigenvalue weighted by Crippen LogP contribution is 2.26. The van der Waals surface area contributed by atoms with Crippen molar-refractivity contribution in [3.05, 3.63) is 0 Å². The lowest BCUT2D eigenvalue weighted by atomic mass is 9.99. The molecule has 96 valence electrons. The first-order valence-electron chi connectivity index (χ1n) is 6.66. The van der Waals surface area contributed by atoms with Gasteiger partial charge in [0.15, 0.2) is 0 Å². The number of piperidine rings is 1. The van der Waals surface area contributed by atoms with Gasteiger partial charge in [0, 0.05) is 38.0 Å². The van der Waals surface area contributed by atoms with E-state index in [2.05, 4.69) is 4.90 Å². The van der Waals surface area contributed by atoms with Gasteiger partial charge < -0.3 is 4.90 Å². The lowest BCUT2D eigenvalue weighted by Crippen LogP contribution is -2.46. The van der Waals surface area contributed by atoms with Crippen LogP contribution in [-0.2, 0) is 9.59 Å². The molecular formula is C13H22N2O2. The summed E-state index contributed by atoms with van der Waals surface area (Å²) in [5.41, 5.74) is 0. The minimum atomic E-state index is 0.0903. The maximum Gasteiger partial charge on any atom is 0.236 e. The molecule has 1 atom stereocenters. The van der Waals surface area contributed by atoms with Gasteiger partial charge >= 0.3 is 0 Å². The Morgan fingerprint density at radius 3 is 2.71 bits per heavy atom. The Hall–Kier alpha value is -0.900. The van der Waals surface area contributed by atoms with Gasteiger partial charge in [-0.25, -0.2) is 0 Å². The van der Waals surface area contributed by atoms with Gasteiger partial charge in [0.1, 0.15) is 5.78 Å². The summed E-state index contributed by atoms with van der Waals surface area (Å²) in [7, 11) is 0. The smallest absolute Gasteiger partial charge is 0.236 e. The molecule has 0 aromatic carbocycles. The molecule has 17 heavy (non-hydrogen) atoms. The molecule has 1 unspecified atom stereocenters. The largest absolute Gasteiger partial charge is 0.339 e. The van der Waals surface area contributed by atoms with Gasteiger partial charge in [-0.3, -0.25) is 14.5 Å². The molecule has 1 amide bonds. The molecule has 1 aliphatic carbocycles. The van der Waals surface area contributed by atoms with E-state index in [0.717, 1.165) is 32.5 Å². The van der Waals surface area contributed by atoms with Gasteiger partial charge in [-0.1, -0.05) is 6.92 Å². The summed E-state index contributed by atoms with van der Waals surface area (Å²) >= 11 is 0. The van der Waals surface area contributed by atoms with Crippen LogP contribution in [-0.4, -0.2) is 53.7 Å². The molecule has 4 heteroatoms. The van der Waals surface area contributed by atoms with Crippen LogP contribution in [0.5, 0.6) is 0 Å². The molecule has 0 aromatic rings. The first kappa shape index (κ1) is 12.6. The molecule has 2 fully saturated rings. The molecule has 1 heterocycles. The van der Waals surface area contributed by atoms with E-state index in [-0.39, 0.29) is 11.8 Å². The lowest BCUT2D eigenvalue weighted by Gasteiger charge is -2.31. The van der Waals surface area contributed by atoms with Crippen LogP contribution in [0.1, 0.15) is 33.1 Å². The van der Waals surface area contributed by atoms with E-state index in [9.17, 15) is 9.59 Å². The maximum absolute atomic E-state index is 12.1. The average molecular weight is 238 g/mol. The number of Topliss-reactive ketones (excluding diaryl/α,β-unsaturated/α-hetero) is 1. The molecule has 1 aliphatic heterocycles. The summed E-state index contributed by atoms with van der Waals surface area (Å²) < 4.78 is 0. The normalized spacial score (nSPS) is 26.0. The molecule has 2 rings (SSSR count). The van der Waals surface area contributed by atoms with E-state index < -0.39 is 0 Å². The summed E-state index contributed by atoms with van der Waals surface area (Å²) in [5.74, 6) is 0.660. The Labute approximate surface area is 103 Å². The van der Waals surface area contributed by atoms with Gasteiger partial charge in [0.25, 0.3) is 0 Å². The van der Waals surface area contributed by atoms with E-state index in [1.54, 1.807) is 0 Å². The van der Waals surface area contributed by atoms with Gasteiger partial charge in [-0.15, -0.1) is 0 Å². The predicted octanol–water partition coefficient (Wildman–Crippen LogP) is 0.908. The summed E-state index contributed by atoms with van der Waals surface area (Å²) in [4.78, 5) is 27.6. The highest BCUT2D eigenvalue weighted by Gasteiger charge is 2.33. The van der Waals surface area contributed by atoms with Crippen LogP contribution < -0.4 is 0 Å². The van der Waals surface area contributed by atoms with Gasteiger partial charge in [-0.05, 0) is 19.8 Å². The first-order valence-corrected chi connectivity index (χ1v) is 6.66. The van der Waals surface area contributed by atoms with Crippen LogP contribution in [0.4, 0.5) is 0 Å². The standard InChI is InChI=1S/C13H22N2O2/c1-3-15(11-4-5-11)13(17)9-14-7-6-12(16)10(2)8-14/h10-11H,3-9H2,1-2H3. The van der Waals surface area contributed by atoms with Crippen molar-refractivity contribution in [2.24, 2.45) is 5.92 Å². The number of carbonyl (C=O) groups is 2. The summed E-state index contributed by atoms with van der Waals surface area (Å²) in [5, 5.41) is 0. The summed E-state index contributed by atoms with van der Waals surface area (Å²) in [6.45, 7) is 6.79. The number of ketones is 1. The summed E-state index contributed by atoms with van der Waals surface area (Å²) in [6.07, 6.45) is 2.92. The first-order chi connectivity index (χ1) is 8.11. The quantitative estimate of drug-likeness (QED) is 0.731. The highest BCUT2D eigenvalue weighted by atomic mass is 16.2. The molecule has 0 radical (unpaired) electrons. The Bertz CT molecular complexity index is 313. The number of amides is 1. The van der Waals surface area contributed by atoms with Crippen molar-refractivity contribution >= 4 is 11.7 Å². The second-order valence-electron chi connectivity index (χ2n) is 5.26. The van der Waals surface area contributed by atoms with Crippen molar-refractivity contribution in [2.75, 3.05) is 26.2 Å². The molecule has 0 aromatic heterocycles. The van der Waals surface area contributed by atoms with Crippen molar-refractivity contribution in [3.8, 4) is 0 Å². The zero-order valence-corrected chi connectivity index (χ0v) is 10.8. The lowest BCUT2D eigenvalue weighted by molar-refractivity contribution is -0.135. The van der Waals surface area contributed by atoms with Crippen LogP contribution in [0.3, 0.4) is 0 Å². The minimum Gasteiger partial charge on any atom is -0.339 e. The zero-order valence-electron chi connectivity index (χ0n) is 10.8. The highest BCUT2D eigenvalue weighted by molar-refractivity contribution is 5.83. The molecule has 0 N–H and O–H groups in total. The fraction of sp³-hybridized carbons (Fsp3) is 0.846. The number of likely N-dealkylation sites (N-methyl/N-ethyl adjacent to an activating group) is 1. The fourth-order valence-electron chi connectivity index (χ4n) is 2.55. The van der Waals surface area contributed by atoms with E-state index in [4.69, 9.17) is 0 Å². The van der Waals surface area contributed by atoms with Gasteiger partial charge in [0.05, 0.1) is 6.54 Å². The molecule has 0 bridgehead atoms. The molecule has 2 aliphatic rings. The van der Waals surface area contributed by atoms with E-state index in [1.807, 2.05) is 18.7 Å². The van der Waals surface area contributed by atoms with Crippen LogP contribution in [0.2, 0.25) is 0 Å². The molecule has 1 saturated heterocycles. The Morgan fingerprint density at radius 2 is 2.18 bits per heavy atom. The third-order valence-corrected chi connectivity index (χ3v) is 3.76. The Morgan fingerprint density at radius 1 is 1.47 bits per heavy atom. The topological polar surface area (TPSA) is 40.6 Å². The van der Waals surface area contributed by atoms with Crippen LogP contribution in [0.25, 0.3) is 0 Å². The van der Waals surface area contributed by atoms with Crippen molar-refractivity contribution < 1.29 is 9.59 Å². The monoisotopic (exact) mass is 238 g/mol. The number of carbonyl (C=O) groups excluding carboxylic acids is 2. The second kappa shape index (κ2) is 5.17. The number of hydrogen-bond donors (Lipinski definition) is 0. The SMILES string of the molecule is CCN(C(=O)CN1CCC(=O)C(C)C1)C1CC1. The number of nitrogens with zero attached hydrogens (tertiary/aromatic N) is 2. The third-order valence-electron chi connectivity index (χ3n) is 3.76. The van der Waals surface area contributed by atoms with Crippen molar-refractivity contribution in [2.45, 2.75) is 39.2 Å². The predicted molar refractivity (Wildman–Crippen MR) is 65.6 cm³/mol. The van der Waals surface area contributed by atoms with Gasteiger partial charge in [0.2, 0.25) is 5.91 Å². The third kappa shape index (κ3) is 3.06. The van der Waals surface area contributed by atoms with Gasteiger partial charge in [-0.2, -0.15) is 0 Å². The number of hydrogen-bond acceptors (Lipinski definition) is 3. The Kier molecular flexibility index (Phi) is 3.82. The van der Waals surface area contributed by atoms with E-state index >= 15 is 0 Å². The molecule has 0 spiro atoms. The fourth-order valence-corrected chi connectivity index (χ4v) is 2.55. The van der Waals surface area contributed by atoms with Crippen molar-refractivity contribution in [1.29, 1.82) is 0 Å². The number of rotatable bonds is 4. The van der Waals surface area contributed by atoms with Crippen LogP contribution in [0.15, 0.2) is 0 Å². The maximum atomic E-state index is 12.1. The van der Waals surface area contributed by atoms with Crippen LogP contribution >= 0.6 is 0 Å². The van der Waals surface area contributed by atoms with E-state index in [1.165, 1.54) is 0 Å². The average Bonchev–Trinajstić information content (AvgIpc) is 3.09. The van der Waals surface area contributed by atoms with E-state index in [0.29, 0.717) is 24.8 Å².